The predicted octanol–water partition coefficient (Wildman–Crippen LogP) is 0.402. The number of piperazine rings is 1. The van der Waals surface area contributed by atoms with Gasteiger partial charge < -0.3 is 15.2 Å². The van der Waals surface area contributed by atoms with Gasteiger partial charge in [0.05, 0.1) is 23.4 Å². The highest BCUT2D eigenvalue weighted by atomic mass is 16.2. The highest BCUT2D eigenvalue weighted by Gasteiger charge is 2.29. The van der Waals surface area contributed by atoms with Crippen molar-refractivity contribution >= 4 is 11.8 Å². The summed E-state index contributed by atoms with van der Waals surface area (Å²) in [4.78, 5) is 41.1. The summed E-state index contributed by atoms with van der Waals surface area (Å²) in [5, 5.41) is 4.50. The molecule has 30 heavy (non-hydrogen) atoms. The van der Waals surface area contributed by atoms with E-state index in [1.165, 1.54) is 4.68 Å². The Morgan fingerprint density at radius 3 is 2.40 bits per heavy atom. The molecule has 0 saturated carbocycles. The number of nitrogens with zero attached hydrogens (tertiary/aromatic N) is 5. The van der Waals surface area contributed by atoms with Gasteiger partial charge in [-0.1, -0.05) is 18.2 Å². The van der Waals surface area contributed by atoms with Crippen molar-refractivity contribution in [2.24, 2.45) is 5.73 Å². The van der Waals surface area contributed by atoms with E-state index in [9.17, 15) is 14.4 Å². The molecule has 0 bridgehead atoms. The van der Waals surface area contributed by atoms with Crippen LogP contribution in [0.4, 0.5) is 0 Å². The Kier molecular flexibility index (Phi) is 5.37. The van der Waals surface area contributed by atoms with Gasteiger partial charge >= 0.3 is 0 Å². The SMILES string of the molecule is CCn1cc(C(=O)N2CCN(CC(N)=O)CC2)c2nn(-c3ccccc3)c(=O)c-2c1. The Morgan fingerprint density at radius 1 is 1.07 bits per heavy atom. The molecule has 4 rings (SSSR count). The van der Waals surface area contributed by atoms with Crippen LogP contribution in [0.5, 0.6) is 0 Å². The Bertz CT molecular complexity index is 1100. The Labute approximate surface area is 173 Å². The van der Waals surface area contributed by atoms with Crippen LogP contribution in [-0.2, 0) is 11.3 Å². The molecular formula is C21H24N6O3. The highest BCUT2D eigenvalue weighted by molar-refractivity contribution is 6.00. The zero-order valence-electron chi connectivity index (χ0n) is 16.8. The van der Waals surface area contributed by atoms with Crippen LogP contribution in [0.3, 0.4) is 0 Å². The lowest BCUT2D eigenvalue weighted by atomic mass is 10.1. The van der Waals surface area contributed by atoms with Gasteiger partial charge in [0.15, 0.2) is 0 Å². The van der Waals surface area contributed by atoms with E-state index in [2.05, 4.69) is 5.10 Å². The molecule has 156 valence electrons. The second-order valence-electron chi connectivity index (χ2n) is 7.35. The third-order valence-corrected chi connectivity index (χ3v) is 5.36. The summed E-state index contributed by atoms with van der Waals surface area (Å²) in [7, 11) is 0. The van der Waals surface area contributed by atoms with Gasteiger partial charge in [0.2, 0.25) is 5.91 Å². The number of para-hydroxylation sites is 1. The summed E-state index contributed by atoms with van der Waals surface area (Å²) in [6, 6.07) is 9.16. The average Bonchev–Trinajstić information content (AvgIpc) is 3.10. The molecule has 9 heteroatoms. The lowest BCUT2D eigenvalue weighted by Crippen LogP contribution is -2.50. The van der Waals surface area contributed by atoms with Gasteiger partial charge in [-0.2, -0.15) is 9.78 Å². The minimum Gasteiger partial charge on any atom is -0.369 e. The maximum absolute atomic E-state index is 13.3. The number of benzene rings is 1. The van der Waals surface area contributed by atoms with E-state index in [1.54, 1.807) is 29.4 Å². The van der Waals surface area contributed by atoms with E-state index in [0.717, 1.165) is 0 Å². The normalized spacial score (nSPS) is 14.9. The number of primary amides is 1. The molecule has 9 nitrogen and oxygen atoms in total. The molecule has 3 aliphatic heterocycles. The van der Waals surface area contributed by atoms with Gasteiger partial charge in [-0.15, -0.1) is 0 Å². The number of carbonyl (C=O) groups excluding carboxylic acids is 2. The minimum absolute atomic E-state index is 0.167. The van der Waals surface area contributed by atoms with Crippen LogP contribution in [0.1, 0.15) is 17.3 Å². The highest BCUT2D eigenvalue weighted by Crippen LogP contribution is 2.24. The quantitative estimate of drug-likeness (QED) is 0.658. The minimum atomic E-state index is -0.377. The molecule has 1 aromatic carbocycles. The molecular weight excluding hydrogens is 384 g/mol. The number of pyridine rings is 1. The molecule has 2 amide bonds. The molecule has 1 fully saturated rings. The second-order valence-corrected chi connectivity index (χ2v) is 7.35. The van der Waals surface area contributed by atoms with Crippen molar-refractivity contribution in [2.75, 3.05) is 32.7 Å². The fourth-order valence-corrected chi connectivity index (χ4v) is 3.74. The van der Waals surface area contributed by atoms with Gasteiger partial charge in [-0.3, -0.25) is 19.3 Å². The number of hydrogen-bond acceptors (Lipinski definition) is 5. The molecule has 2 N–H and O–H groups in total. The van der Waals surface area contributed by atoms with Crippen molar-refractivity contribution in [3.8, 4) is 16.9 Å². The summed E-state index contributed by atoms with van der Waals surface area (Å²) in [6.07, 6.45) is 3.49. The zero-order chi connectivity index (χ0) is 21.3. The summed E-state index contributed by atoms with van der Waals surface area (Å²) in [6.45, 7) is 4.88. The molecule has 0 aliphatic carbocycles. The standard InChI is InChI=1S/C21H24N6O3/c1-2-24-12-16(20(29)26-10-8-25(9-11-26)14-18(22)28)19-17(13-24)21(30)27(23-19)15-6-4-3-5-7-15/h3-7,12-13H,2,8-11,14H2,1H3,(H2,22,28). The lowest BCUT2D eigenvalue weighted by molar-refractivity contribution is -0.119. The number of amides is 2. The van der Waals surface area contributed by atoms with Gasteiger partial charge in [0.25, 0.3) is 11.5 Å². The summed E-state index contributed by atoms with van der Waals surface area (Å²) in [5.41, 5.74) is 6.89. The number of nitrogens with two attached hydrogens (primary N) is 1. The third kappa shape index (κ3) is 3.71. The molecule has 0 spiro atoms. The van der Waals surface area contributed by atoms with E-state index in [0.29, 0.717) is 55.2 Å². The third-order valence-electron chi connectivity index (χ3n) is 5.36. The average molecular weight is 408 g/mol. The molecule has 0 unspecified atom stereocenters. The second kappa shape index (κ2) is 8.11. The van der Waals surface area contributed by atoms with E-state index in [4.69, 9.17) is 5.73 Å². The first-order chi connectivity index (χ1) is 14.5. The molecule has 1 saturated heterocycles. The molecule has 0 atom stereocenters. The first kappa shape index (κ1) is 19.8. The van der Waals surface area contributed by atoms with Gasteiger partial charge in [0.1, 0.15) is 5.69 Å². The number of aromatic nitrogens is 3. The lowest BCUT2D eigenvalue weighted by Gasteiger charge is -2.34. The Balaban J connectivity index is 1.69. The van der Waals surface area contributed by atoms with E-state index in [-0.39, 0.29) is 23.9 Å². The van der Waals surface area contributed by atoms with Gasteiger partial charge in [-0.05, 0) is 19.1 Å². The topological polar surface area (TPSA) is 106 Å². The van der Waals surface area contributed by atoms with E-state index >= 15 is 0 Å². The summed E-state index contributed by atoms with van der Waals surface area (Å²) < 4.78 is 3.17. The van der Waals surface area contributed by atoms with E-state index in [1.807, 2.05) is 34.6 Å². The molecule has 3 aliphatic rings. The van der Waals surface area contributed by atoms with Gasteiger partial charge in [0, 0.05) is 45.1 Å². The van der Waals surface area contributed by atoms with Crippen LogP contribution in [0, 0.1) is 0 Å². The molecule has 0 radical (unpaired) electrons. The fraction of sp³-hybridized carbons (Fsp3) is 0.333. The molecule has 0 aromatic heterocycles. The zero-order valence-corrected chi connectivity index (χ0v) is 16.8. The Hall–Kier alpha value is -3.46. The van der Waals surface area contributed by atoms with Crippen molar-refractivity contribution in [3.63, 3.8) is 0 Å². The number of hydrogen-bond donors (Lipinski definition) is 1. The smallest absolute Gasteiger partial charge is 0.282 e. The number of aryl methyl sites for hydroxylation is 1. The largest absolute Gasteiger partial charge is 0.369 e. The Morgan fingerprint density at radius 2 is 1.77 bits per heavy atom. The van der Waals surface area contributed by atoms with Crippen molar-refractivity contribution < 1.29 is 9.59 Å². The first-order valence-electron chi connectivity index (χ1n) is 9.96. The van der Waals surface area contributed by atoms with Crippen molar-refractivity contribution in [2.45, 2.75) is 13.5 Å². The van der Waals surface area contributed by atoms with Gasteiger partial charge in [-0.25, -0.2) is 0 Å². The number of fused-ring (bicyclic) bond motifs is 1. The maximum atomic E-state index is 13.3. The van der Waals surface area contributed by atoms with Crippen LogP contribution in [0.25, 0.3) is 16.9 Å². The van der Waals surface area contributed by atoms with Crippen LogP contribution in [0.2, 0.25) is 0 Å². The van der Waals surface area contributed by atoms with Crippen LogP contribution in [0.15, 0.2) is 47.5 Å². The van der Waals surface area contributed by atoms with Crippen molar-refractivity contribution in [3.05, 3.63) is 58.6 Å². The van der Waals surface area contributed by atoms with E-state index < -0.39 is 0 Å². The number of carbonyl (C=O) groups is 2. The van der Waals surface area contributed by atoms with Crippen LogP contribution < -0.4 is 11.3 Å². The van der Waals surface area contributed by atoms with Crippen LogP contribution >= 0.6 is 0 Å². The van der Waals surface area contributed by atoms with Crippen molar-refractivity contribution in [1.29, 1.82) is 0 Å². The number of rotatable bonds is 5. The van der Waals surface area contributed by atoms with Crippen LogP contribution in [-0.4, -0.2) is 68.7 Å². The monoisotopic (exact) mass is 408 g/mol. The molecule has 3 heterocycles. The summed E-state index contributed by atoms with van der Waals surface area (Å²) in [5.74, 6) is -0.544. The molecule has 1 aromatic rings. The first-order valence-corrected chi connectivity index (χ1v) is 9.96. The predicted molar refractivity (Wildman–Crippen MR) is 112 cm³/mol. The maximum Gasteiger partial charge on any atom is 0.282 e. The summed E-state index contributed by atoms with van der Waals surface area (Å²) >= 11 is 0. The fourth-order valence-electron chi connectivity index (χ4n) is 3.74. The van der Waals surface area contributed by atoms with Crippen molar-refractivity contribution in [1.82, 2.24) is 24.1 Å².